The Kier molecular flexibility index (Phi) is 10.9. The zero-order chi connectivity index (χ0) is 27.3. The molecular weight excluding hydrogens is 518 g/mol. The van der Waals surface area contributed by atoms with Crippen LogP contribution in [0.25, 0.3) is 11.1 Å². The zero-order valence-electron chi connectivity index (χ0n) is 20.7. The number of benzene rings is 2. The number of nitrogens with zero attached hydrogens (tertiary/aromatic N) is 1. The van der Waals surface area contributed by atoms with E-state index in [9.17, 15) is 37.5 Å². The Morgan fingerprint density at radius 3 is 2.37 bits per heavy atom. The first-order valence-electron chi connectivity index (χ1n) is 11.0. The SMILES string of the molecule is CC1=CN(C)C(=O)C(NC(=O)NC(CC(=O)[O-])c2ccc(OC(F)C(F)F)c(-c3ccccc3)c2)C1=O.[Na+]. The van der Waals surface area contributed by atoms with Crippen LogP contribution < -0.4 is 50.0 Å². The van der Waals surface area contributed by atoms with Crippen molar-refractivity contribution in [2.24, 2.45) is 0 Å². The summed E-state index contributed by atoms with van der Waals surface area (Å²) in [4.78, 5) is 50.0. The average molecular weight is 541 g/mol. The van der Waals surface area contributed by atoms with Crippen LogP contribution in [-0.2, 0) is 14.4 Å². The normalized spacial score (nSPS) is 16.7. The van der Waals surface area contributed by atoms with Gasteiger partial charge < -0.3 is 30.2 Å². The average Bonchev–Trinajstić information content (AvgIpc) is 2.85. The fourth-order valence-corrected chi connectivity index (χ4v) is 3.72. The number of aliphatic carboxylic acids is 1. The first-order chi connectivity index (χ1) is 17.5. The fourth-order valence-electron chi connectivity index (χ4n) is 3.72. The predicted octanol–water partition coefficient (Wildman–Crippen LogP) is -0.909. The first-order valence-corrected chi connectivity index (χ1v) is 11.0. The number of nitrogens with one attached hydrogen (secondary N) is 2. The van der Waals surface area contributed by atoms with Crippen LogP contribution in [-0.4, -0.2) is 54.5 Å². The number of Topliss-reactive ketones (excluding diaryl/α,β-unsaturated/α-hetero) is 1. The summed E-state index contributed by atoms with van der Waals surface area (Å²) in [5.41, 5.74) is 1.03. The number of hydrogen-bond acceptors (Lipinski definition) is 6. The molecule has 1 aliphatic rings. The number of rotatable bonds is 9. The zero-order valence-corrected chi connectivity index (χ0v) is 22.7. The maximum absolute atomic E-state index is 13.7. The molecule has 0 saturated heterocycles. The Hall–Kier alpha value is -3.35. The van der Waals surface area contributed by atoms with Gasteiger partial charge in [-0.2, -0.15) is 4.39 Å². The summed E-state index contributed by atoms with van der Waals surface area (Å²) in [7, 11) is 1.41. The number of ether oxygens (including phenoxy) is 1. The van der Waals surface area contributed by atoms with Gasteiger partial charge in [-0.05, 0) is 30.2 Å². The molecule has 0 bridgehead atoms. The van der Waals surface area contributed by atoms with E-state index < -0.39 is 55.0 Å². The number of carbonyl (C=O) groups is 4. The van der Waals surface area contributed by atoms with Crippen LogP contribution in [0.2, 0.25) is 0 Å². The summed E-state index contributed by atoms with van der Waals surface area (Å²) in [6.45, 7) is 1.47. The number of alkyl halides is 3. The molecule has 0 aliphatic carbocycles. The molecule has 0 saturated carbocycles. The van der Waals surface area contributed by atoms with Crippen molar-refractivity contribution in [1.29, 1.82) is 0 Å². The van der Waals surface area contributed by atoms with Crippen LogP contribution in [0.15, 0.2) is 60.3 Å². The summed E-state index contributed by atoms with van der Waals surface area (Å²) in [6, 6.07) is 8.22. The van der Waals surface area contributed by atoms with Crippen LogP contribution in [0.1, 0.15) is 24.9 Å². The van der Waals surface area contributed by atoms with E-state index in [0.717, 1.165) is 4.90 Å². The van der Waals surface area contributed by atoms with Gasteiger partial charge in [0, 0.05) is 36.8 Å². The quantitative estimate of drug-likeness (QED) is 0.313. The number of hydrogen-bond donors (Lipinski definition) is 2. The van der Waals surface area contributed by atoms with Gasteiger partial charge in [0.2, 0.25) is 0 Å². The second-order valence-corrected chi connectivity index (χ2v) is 8.23. The second-order valence-electron chi connectivity index (χ2n) is 8.23. The van der Waals surface area contributed by atoms with Crippen LogP contribution in [0.3, 0.4) is 0 Å². The van der Waals surface area contributed by atoms with Gasteiger partial charge in [-0.1, -0.05) is 36.4 Å². The molecule has 2 aromatic carbocycles. The Morgan fingerprint density at radius 2 is 1.76 bits per heavy atom. The minimum absolute atomic E-state index is 0. The van der Waals surface area contributed by atoms with Crippen molar-refractivity contribution in [3.05, 3.63) is 65.9 Å². The molecule has 9 nitrogen and oxygen atoms in total. The third-order valence-electron chi connectivity index (χ3n) is 5.51. The number of halogens is 3. The summed E-state index contributed by atoms with van der Waals surface area (Å²) in [6.07, 6.45) is -5.69. The summed E-state index contributed by atoms with van der Waals surface area (Å²) in [5, 5.41) is 16.1. The summed E-state index contributed by atoms with van der Waals surface area (Å²) >= 11 is 0. The van der Waals surface area contributed by atoms with E-state index in [-0.39, 0.29) is 52.0 Å². The minimum atomic E-state index is -3.40. The Balaban J connectivity index is 0.00000507. The van der Waals surface area contributed by atoms with E-state index in [1.165, 1.54) is 38.4 Å². The largest absolute Gasteiger partial charge is 1.00 e. The molecule has 13 heteroatoms. The molecule has 1 aliphatic heterocycles. The van der Waals surface area contributed by atoms with E-state index in [4.69, 9.17) is 4.74 Å². The van der Waals surface area contributed by atoms with Crippen molar-refractivity contribution in [2.45, 2.75) is 38.2 Å². The molecule has 196 valence electrons. The van der Waals surface area contributed by atoms with Gasteiger partial charge in [0.1, 0.15) is 5.75 Å². The first kappa shape index (κ1) is 30.9. The number of amides is 3. The fraction of sp³-hybridized carbons (Fsp3) is 0.280. The van der Waals surface area contributed by atoms with Gasteiger partial charge in [-0.25, -0.2) is 13.6 Å². The summed E-state index contributed by atoms with van der Waals surface area (Å²) in [5.74, 6) is -3.07. The number of carboxylic acid groups (broad SMARTS) is 1. The van der Waals surface area contributed by atoms with Crippen molar-refractivity contribution in [1.82, 2.24) is 15.5 Å². The molecule has 3 atom stereocenters. The monoisotopic (exact) mass is 541 g/mol. The van der Waals surface area contributed by atoms with E-state index in [0.29, 0.717) is 5.56 Å². The van der Waals surface area contributed by atoms with Crippen LogP contribution >= 0.6 is 0 Å². The minimum Gasteiger partial charge on any atom is -0.550 e. The van der Waals surface area contributed by atoms with Gasteiger partial charge in [0.25, 0.3) is 12.3 Å². The number of ketones is 1. The summed E-state index contributed by atoms with van der Waals surface area (Å²) < 4.78 is 44.0. The number of likely N-dealkylation sites (N-methyl/N-ethyl adjacent to an activating group) is 1. The van der Waals surface area contributed by atoms with Gasteiger partial charge >= 0.3 is 42.0 Å². The molecule has 2 N–H and O–H groups in total. The van der Waals surface area contributed by atoms with Crippen molar-refractivity contribution in [3.63, 3.8) is 0 Å². The third-order valence-corrected chi connectivity index (χ3v) is 5.51. The number of carboxylic acids is 1. The Labute approximate surface area is 238 Å². The molecule has 0 spiro atoms. The van der Waals surface area contributed by atoms with E-state index >= 15 is 0 Å². The van der Waals surface area contributed by atoms with Gasteiger partial charge in [0.05, 0.1) is 6.04 Å². The van der Waals surface area contributed by atoms with Crippen molar-refractivity contribution >= 4 is 23.7 Å². The molecule has 0 radical (unpaired) electrons. The van der Waals surface area contributed by atoms with Crippen LogP contribution in [0.4, 0.5) is 18.0 Å². The second kappa shape index (κ2) is 13.4. The van der Waals surface area contributed by atoms with Crippen molar-refractivity contribution < 1.29 is 71.8 Å². The molecule has 0 fully saturated rings. The molecule has 3 rings (SSSR count). The number of urea groups is 1. The topological polar surface area (TPSA) is 128 Å². The smallest absolute Gasteiger partial charge is 0.550 e. The predicted molar refractivity (Wildman–Crippen MR) is 123 cm³/mol. The van der Waals surface area contributed by atoms with Crippen LogP contribution in [0.5, 0.6) is 5.75 Å². The maximum Gasteiger partial charge on any atom is 1.00 e. The van der Waals surface area contributed by atoms with E-state index in [2.05, 4.69) is 10.6 Å². The van der Waals surface area contributed by atoms with Crippen LogP contribution in [0, 0.1) is 0 Å². The molecule has 3 unspecified atom stereocenters. The molecular formula is C25H23F3N3NaO6. The van der Waals surface area contributed by atoms with Crippen molar-refractivity contribution in [2.75, 3.05) is 7.05 Å². The maximum atomic E-state index is 13.7. The molecule has 1 heterocycles. The standard InChI is InChI=1S/C25H24F3N3O6.Na/c1-13-12-31(2)24(35)20(21(13)34)30-25(36)29-17(11-19(32)33)15-8-9-18(37-23(28)22(26)27)16(10-15)14-6-4-3-5-7-14;/h3-10,12,17,20,22-23H,11H2,1-2H3,(H,32,33)(H2,29,30,36);/q;+1/p-1. The molecule has 38 heavy (non-hydrogen) atoms. The molecule has 2 aromatic rings. The van der Waals surface area contributed by atoms with E-state index in [1.54, 1.807) is 30.3 Å². The van der Waals surface area contributed by atoms with Gasteiger partial charge in [-0.15, -0.1) is 0 Å². The number of carbonyl (C=O) groups excluding carboxylic acids is 4. The van der Waals surface area contributed by atoms with Crippen molar-refractivity contribution in [3.8, 4) is 16.9 Å². The van der Waals surface area contributed by atoms with Gasteiger partial charge in [-0.3, -0.25) is 9.59 Å². The molecule has 3 amide bonds. The molecule has 0 aromatic heterocycles. The van der Waals surface area contributed by atoms with Gasteiger partial charge in [0.15, 0.2) is 11.8 Å². The third kappa shape index (κ3) is 7.59. The Bertz CT molecular complexity index is 1230. The Morgan fingerprint density at radius 1 is 1.11 bits per heavy atom. The van der Waals surface area contributed by atoms with E-state index in [1.807, 2.05) is 0 Å².